The SMILES string of the molecule is O=C1/C(=C\c2c3ccccc3cc3ccccc23)SC(=S)N1C(=O)c1ccccc1. The fourth-order valence-corrected chi connectivity index (χ4v) is 4.92. The van der Waals surface area contributed by atoms with E-state index in [-0.39, 0.29) is 10.2 Å². The molecule has 0 bridgehead atoms. The van der Waals surface area contributed by atoms with Gasteiger partial charge in [0.1, 0.15) is 0 Å². The number of carbonyl (C=O) groups excluding carboxylic acids is 2. The molecule has 0 unspecified atom stereocenters. The summed E-state index contributed by atoms with van der Waals surface area (Å²) in [5.74, 6) is -0.778. The van der Waals surface area contributed by atoms with Crippen LogP contribution in [0, 0.1) is 0 Å². The summed E-state index contributed by atoms with van der Waals surface area (Å²) in [5.41, 5.74) is 1.39. The number of hydrogen-bond donors (Lipinski definition) is 0. The number of hydrogen-bond acceptors (Lipinski definition) is 4. The van der Waals surface area contributed by atoms with Gasteiger partial charge in [0.15, 0.2) is 4.32 Å². The van der Waals surface area contributed by atoms with E-state index in [1.807, 2.05) is 48.5 Å². The molecule has 1 fully saturated rings. The Kier molecular flexibility index (Phi) is 4.69. The smallest absolute Gasteiger partial charge is 0.268 e. The van der Waals surface area contributed by atoms with Crippen molar-refractivity contribution < 1.29 is 9.59 Å². The molecule has 5 heteroatoms. The Morgan fingerprint density at radius 2 is 1.40 bits per heavy atom. The number of nitrogens with zero attached hydrogens (tertiary/aromatic N) is 1. The highest BCUT2D eigenvalue weighted by atomic mass is 32.2. The van der Waals surface area contributed by atoms with Crippen molar-refractivity contribution in [1.82, 2.24) is 4.90 Å². The second-order valence-electron chi connectivity index (χ2n) is 6.92. The third-order valence-corrected chi connectivity index (χ3v) is 6.41. The lowest BCUT2D eigenvalue weighted by Gasteiger charge is -2.12. The molecule has 0 radical (unpaired) electrons. The summed E-state index contributed by atoms with van der Waals surface area (Å²) >= 11 is 6.55. The number of fused-ring (bicyclic) bond motifs is 2. The molecule has 30 heavy (non-hydrogen) atoms. The minimum Gasteiger partial charge on any atom is -0.268 e. The molecule has 4 aromatic rings. The molecule has 1 saturated heterocycles. The molecule has 3 nitrogen and oxygen atoms in total. The van der Waals surface area contributed by atoms with Crippen LogP contribution in [0.5, 0.6) is 0 Å². The van der Waals surface area contributed by atoms with Crippen LogP contribution in [0.15, 0.2) is 89.8 Å². The third kappa shape index (κ3) is 3.12. The minimum atomic E-state index is -0.399. The Morgan fingerprint density at radius 1 is 0.833 bits per heavy atom. The molecule has 0 aliphatic carbocycles. The highest BCUT2D eigenvalue weighted by molar-refractivity contribution is 8.26. The first-order chi connectivity index (χ1) is 14.6. The molecule has 0 atom stereocenters. The van der Waals surface area contributed by atoms with Crippen molar-refractivity contribution in [1.29, 1.82) is 0 Å². The molecule has 144 valence electrons. The summed E-state index contributed by atoms with van der Waals surface area (Å²) in [5, 5.41) is 4.29. The molecule has 0 aromatic heterocycles. The van der Waals surface area contributed by atoms with Crippen LogP contribution in [0.1, 0.15) is 15.9 Å². The summed E-state index contributed by atoms with van der Waals surface area (Å²) in [6, 6.07) is 27.0. The van der Waals surface area contributed by atoms with Gasteiger partial charge in [0, 0.05) is 5.56 Å². The van der Waals surface area contributed by atoms with Crippen molar-refractivity contribution in [2.45, 2.75) is 0 Å². The van der Waals surface area contributed by atoms with Gasteiger partial charge in [-0.2, -0.15) is 0 Å². The fourth-order valence-electron chi connectivity index (χ4n) is 3.69. The van der Waals surface area contributed by atoms with Gasteiger partial charge < -0.3 is 0 Å². The highest BCUT2D eigenvalue weighted by Crippen LogP contribution is 2.37. The molecule has 0 saturated carbocycles. The largest absolute Gasteiger partial charge is 0.273 e. The number of carbonyl (C=O) groups is 2. The maximum Gasteiger partial charge on any atom is 0.273 e. The van der Waals surface area contributed by atoms with Gasteiger partial charge in [-0.25, -0.2) is 4.90 Å². The van der Waals surface area contributed by atoms with Crippen LogP contribution in [0.25, 0.3) is 27.6 Å². The van der Waals surface area contributed by atoms with Crippen molar-refractivity contribution in [3.05, 3.63) is 101 Å². The summed E-state index contributed by atoms with van der Waals surface area (Å²) in [6.07, 6.45) is 1.86. The Morgan fingerprint density at radius 3 is 2.03 bits per heavy atom. The summed E-state index contributed by atoms with van der Waals surface area (Å²) in [7, 11) is 0. The van der Waals surface area contributed by atoms with Gasteiger partial charge in [-0.15, -0.1) is 0 Å². The van der Waals surface area contributed by atoms with Gasteiger partial charge in [-0.1, -0.05) is 90.7 Å². The van der Waals surface area contributed by atoms with E-state index in [0.717, 1.165) is 43.8 Å². The molecule has 4 aromatic carbocycles. The summed E-state index contributed by atoms with van der Waals surface area (Å²) in [6.45, 7) is 0. The van der Waals surface area contributed by atoms with Crippen LogP contribution in [0.2, 0.25) is 0 Å². The zero-order valence-corrected chi connectivity index (χ0v) is 17.4. The summed E-state index contributed by atoms with van der Waals surface area (Å²) < 4.78 is 0.254. The monoisotopic (exact) mass is 425 g/mol. The average molecular weight is 426 g/mol. The number of imide groups is 1. The predicted molar refractivity (Wildman–Crippen MR) is 127 cm³/mol. The minimum absolute atomic E-state index is 0.254. The number of amides is 2. The lowest BCUT2D eigenvalue weighted by Crippen LogP contribution is -2.34. The Hall–Kier alpha value is -3.28. The molecule has 1 heterocycles. The van der Waals surface area contributed by atoms with E-state index in [9.17, 15) is 9.59 Å². The van der Waals surface area contributed by atoms with Gasteiger partial charge >= 0.3 is 0 Å². The van der Waals surface area contributed by atoms with Gasteiger partial charge in [-0.05, 0) is 51.4 Å². The first-order valence-electron chi connectivity index (χ1n) is 9.41. The van der Waals surface area contributed by atoms with E-state index in [1.165, 1.54) is 0 Å². The highest BCUT2D eigenvalue weighted by Gasteiger charge is 2.37. The van der Waals surface area contributed by atoms with E-state index in [4.69, 9.17) is 12.2 Å². The van der Waals surface area contributed by atoms with Gasteiger partial charge in [-0.3, -0.25) is 9.59 Å². The van der Waals surface area contributed by atoms with Crippen LogP contribution in [0.4, 0.5) is 0 Å². The normalized spacial score (nSPS) is 15.5. The lowest BCUT2D eigenvalue weighted by molar-refractivity contribution is -0.120. The number of thioether (sulfide) groups is 1. The van der Waals surface area contributed by atoms with Crippen LogP contribution < -0.4 is 0 Å². The third-order valence-electron chi connectivity index (χ3n) is 5.11. The molecule has 1 aliphatic heterocycles. The predicted octanol–water partition coefficient (Wildman–Crippen LogP) is 6.03. The fraction of sp³-hybridized carbons (Fsp3) is 0. The first kappa shape index (κ1) is 18.7. The van der Waals surface area contributed by atoms with Gasteiger partial charge in [0.05, 0.1) is 4.91 Å². The van der Waals surface area contributed by atoms with Crippen molar-refractivity contribution in [2.24, 2.45) is 0 Å². The Labute approximate surface area is 183 Å². The molecule has 0 N–H and O–H groups in total. The first-order valence-corrected chi connectivity index (χ1v) is 10.6. The summed E-state index contributed by atoms with van der Waals surface area (Å²) in [4.78, 5) is 27.5. The number of rotatable bonds is 2. The quantitative estimate of drug-likeness (QED) is 0.170. The van der Waals surface area contributed by atoms with Crippen LogP contribution in [0.3, 0.4) is 0 Å². The van der Waals surface area contributed by atoms with Crippen molar-refractivity contribution >= 4 is 67.7 Å². The van der Waals surface area contributed by atoms with Crippen LogP contribution in [-0.2, 0) is 4.79 Å². The van der Waals surface area contributed by atoms with Gasteiger partial charge in [0.2, 0.25) is 0 Å². The Balaban J connectivity index is 1.64. The van der Waals surface area contributed by atoms with Crippen molar-refractivity contribution in [3.63, 3.8) is 0 Å². The molecular formula is C25H15NO2S2. The molecule has 0 spiro atoms. The standard InChI is InChI=1S/C25H15NO2S2/c27-23(16-8-2-1-3-9-16)26-24(28)22(30-25(26)29)15-21-19-12-6-4-10-17(19)14-18-11-5-7-13-20(18)21/h1-15H/b22-15+. The second-order valence-corrected chi connectivity index (χ2v) is 8.60. The van der Waals surface area contributed by atoms with E-state index in [2.05, 4.69) is 18.2 Å². The van der Waals surface area contributed by atoms with E-state index >= 15 is 0 Å². The Bertz CT molecular complexity index is 1320. The number of benzene rings is 4. The second kappa shape index (κ2) is 7.52. The number of thiocarbonyl (C=S) groups is 1. The molecule has 2 amide bonds. The molecule has 5 rings (SSSR count). The van der Waals surface area contributed by atoms with E-state index in [0.29, 0.717) is 10.5 Å². The van der Waals surface area contributed by atoms with Crippen molar-refractivity contribution in [3.8, 4) is 0 Å². The van der Waals surface area contributed by atoms with E-state index in [1.54, 1.807) is 24.3 Å². The maximum atomic E-state index is 13.1. The van der Waals surface area contributed by atoms with Gasteiger partial charge in [0.25, 0.3) is 11.8 Å². The molecular weight excluding hydrogens is 410 g/mol. The lowest BCUT2D eigenvalue weighted by atomic mass is 9.96. The average Bonchev–Trinajstić information content (AvgIpc) is 3.06. The zero-order valence-electron chi connectivity index (χ0n) is 15.7. The zero-order chi connectivity index (χ0) is 20.7. The van der Waals surface area contributed by atoms with E-state index < -0.39 is 5.91 Å². The van der Waals surface area contributed by atoms with Crippen LogP contribution >= 0.6 is 24.0 Å². The molecule has 1 aliphatic rings. The van der Waals surface area contributed by atoms with Crippen molar-refractivity contribution in [2.75, 3.05) is 0 Å². The van der Waals surface area contributed by atoms with Crippen LogP contribution in [-0.4, -0.2) is 21.0 Å². The maximum absolute atomic E-state index is 13.1. The topological polar surface area (TPSA) is 37.4 Å².